The first-order valence-electron chi connectivity index (χ1n) is 10.9. The zero-order chi connectivity index (χ0) is 22.3. The van der Waals surface area contributed by atoms with Gasteiger partial charge < -0.3 is 20.3 Å². The van der Waals surface area contributed by atoms with Crippen LogP contribution in [-0.2, 0) is 0 Å². The van der Waals surface area contributed by atoms with Gasteiger partial charge in [-0.25, -0.2) is 19.9 Å². The van der Waals surface area contributed by atoms with Gasteiger partial charge in [0.25, 0.3) is 0 Å². The van der Waals surface area contributed by atoms with Crippen molar-refractivity contribution in [3.63, 3.8) is 0 Å². The molecule has 0 atom stereocenters. The number of piperazine rings is 1. The van der Waals surface area contributed by atoms with Crippen LogP contribution in [0.5, 0.6) is 11.6 Å². The number of nitrogens with zero attached hydrogens (tertiary/aromatic N) is 5. The molecule has 1 saturated heterocycles. The van der Waals surface area contributed by atoms with Gasteiger partial charge in [0.2, 0.25) is 5.88 Å². The molecule has 8 nitrogen and oxygen atoms in total. The van der Waals surface area contributed by atoms with Gasteiger partial charge in [-0.1, -0.05) is 29.8 Å². The second-order valence-corrected chi connectivity index (χ2v) is 8.85. The summed E-state index contributed by atoms with van der Waals surface area (Å²) in [4.78, 5) is 20.4. The van der Waals surface area contributed by atoms with E-state index in [2.05, 4.69) is 30.5 Å². The van der Waals surface area contributed by atoms with Crippen molar-refractivity contribution in [1.82, 2.24) is 25.3 Å². The molecule has 1 saturated carbocycles. The number of hydrogen-bond donors (Lipinski definition) is 2. The van der Waals surface area contributed by atoms with Crippen molar-refractivity contribution in [1.29, 1.82) is 0 Å². The largest absolute Gasteiger partial charge is 0.438 e. The maximum Gasteiger partial charge on any atom is 0.238 e. The summed E-state index contributed by atoms with van der Waals surface area (Å²) in [6, 6.07) is 15.2. The second-order valence-electron chi connectivity index (χ2n) is 8.44. The van der Waals surface area contributed by atoms with Crippen LogP contribution in [0.25, 0.3) is 11.0 Å². The van der Waals surface area contributed by atoms with E-state index in [4.69, 9.17) is 21.3 Å². The van der Waals surface area contributed by atoms with Crippen LogP contribution in [0.3, 0.4) is 0 Å². The van der Waals surface area contributed by atoms with Crippen LogP contribution in [0.15, 0.2) is 61.1 Å². The van der Waals surface area contributed by atoms with Crippen LogP contribution >= 0.6 is 11.6 Å². The molecule has 2 aliphatic rings. The summed E-state index contributed by atoms with van der Waals surface area (Å²) in [7, 11) is 0. The lowest BCUT2D eigenvalue weighted by molar-refractivity contribution is 0.440. The minimum absolute atomic E-state index is 0.273. The monoisotopic (exact) mass is 459 g/mol. The van der Waals surface area contributed by atoms with Gasteiger partial charge in [-0.2, -0.15) is 0 Å². The minimum atomic E-state index is 0.273. The Morgan fingerprint density at radius 3 is 2.76 bits per heavy atom. The summed E-state index contributed by atoms with van der Waals surface area (Å²) in [5.41, 5.74) is 2.44. The lowest BCUT2D eigenvalue weighted by Crippen LogP contribution is -2.52. The molecular weight excluding hydrogens is 438 g/mol. The maximum atomic E-state index is 6.43. The molecule has 166 valence electrons. The molecule has 1 aliphatic carbocycles. The normalized spacial score (nSPS) is 16.7. The van der Waals surface area contributed by atoms with E-state index in [0.29, 0.717) is 33.7 Å². The predicted octanol–water partition coefficient (Wildman–Crippen LogP) is 4.55. The molecule has 1 aromatic carbocycles. The Balaban J connectivity index is 1.26. The van der Waals surface area contributed by atoms with Crippen molar-refractivity contribution in [2.45, 2.75) is 18.4 Å². The van der Waals surface area contributed by atoms with Crippen LogP contribution in [0.2, 0.25) is 5.02 Å². The third-order valence-corrected chi connectivity index (χ3v) is 6.32. The fourth-order valence-electron chi connectivity index (χ4n) is 4.14. The van der Waals surface area contributed by atoms with E-state index in [-0.39, 0.29) is 5.54 Å². The molecule has 9 heteroatoms. The number of hydrogen-bond acceptors (Lipinski definition) is 8. The highest BCUT2D eigenvalue weighted by molar-refractivity contribution is 6.32. The van der Waals surface area contributed by atoms with E-state index >= 15 is 0 Å². The average molecular weight is 460 g/mol. The van der Waals surface area contributed by atoms with Crippen LogP contribution in [0.4, 0.5) is 17.3 Å². The molecule has 1 spiro atoms. The smallest absolute Gasteiger partial charge is 0.238 e. The number of pyridine rings is 2. The van der Waals surface area contributed by atoms with E-state index in [1.54, 1.807) is 12.3 Å². The first kappa shape index (κ1) is 20.1. The number of ether oxygens (including phenoxy) is 1. The quantitative estimate of drug-likeness (QED) is 0.449. The molecule has 1 aliphatic heterocycles. The fourth-order valence-corrected chi connectivity index (χ4v) is 4.35. The Kier molecular flexibility index (Phi) is 4.96. The number of aromatic nitrogens is 4. The summed E-state index contributed by atoms with van der Waals surface area (Å²) in [5.74, 6) is 2.56. The molecule has 2 N–H and O–H groups in total. The van der Waals surface area contributed by atoms with E-state index in [1.807, 2.05) is 42.5 Å². The highest BCUT2D eigenvalue weighted by Crippen LogP contribution is 2.39. The Hall–Kier alpha value is -3.49. The van der Waals surface area contributed by atoms with Gasteiger partial charge in [-0.15, -0.1) is 0 Å². The average Bonchev–Trinajstić information content (AvgIpc) is 3.59. The zero-order valence-corrected chi connectivity index (χ0v) is 18.6. The van der Waals surface area contributed by atoms with Crippen LogP contribution in [-0.4, -0.2) is 45.1 Å². The number of benzene rings is 1. The molecule has 4 heterocycles. The minimum Gasteiger partial charge on any atom is -0.438 e. The third-order valence-electron chi connectivity index (χ3n) is 6.05. The first-order valence-corrected chi connectivity index (χ1v) is 11.3. The molecule has 3 aromatic heterocycles. The molecule has 0 bridgehead atoms. The third kappa shape index (κ3) is 4.15. The van der Waals surface area contributed by atoms with Crippen molar-refractivity contribution in [3.8, 4) is 11.6 Å². The summed E-state index contributed by atoms with van der Waals surface area (Å²) in [5, 5.41) is 7.32. The summed E-state index contributed by atoms with van der Waals surface area (Å²) in [6.07, 6.45) is 5.64. The molecule has 2 fully saturated rings. The van der Waals surface area contributed by atoms with Gasteiger partial charge in [-0.3, -0.25) is 0 Å². The van der Waals surface area contributed by atoms with Crippen LogP contribution in [0, 0.1) is 0 Å². The van der Waals surface area contributed by atoms with Crippen molar-refractivity contribution in [3.05, 3.63) is 66.1 Å². The van der Waals surface area contributed by atoms with Crippen LogP contribution < -0.4 is 20.3 Å². The number of fused-ring (bicyclic) bond motifs is 1. The van der Waals surface area contributed by atoms with Crippen LogP contribution in [0.1, 0.15) is 12.8 Å². The van der Waals surface area contributed by atoms with Gasteiger partial charge >= 0.3 is 0 Å². The van der Waals surface area contributed by atoms with E-state index in [9.17, 15) is 0 Å². The summed E-state index contributed by atoms with van der Waals surface area (Å²) in [6.45, 7) is 2.88. The SMILES string of the molecule is Clc1cc(Nc2ncnc3ccc(N4CCNC5(CC5)C4)nc23)cnc1Oc1ccccc1. The summed E-state index contributed by atoms with van der Waals surface area (Å²) >= 11 is 6.43. The number of halogens is 1. The van der Waals surface area contributed by atoms with Gasteiger partial charge in [-0.05, 0) is 43.2 Å². The second kappa shape index (κ2) is 8.13. The van der Waals surface area contributed by atoms with Gasteiger partial charge in [0.15, 0.2) is 5.82 Å². The fraction of sp³-hybridized carbons (Fsp3) is 0.250. The zero-order valence-electron chi connectivity index (χ0n) is 17.8. The van der Waals surface area contributed by atoms with Gasteiger partial charge in [0.05, 0.1) is 17.4 Å². The van der Waals surface area contributed by atoms with Crippen molar-refractivity contribution < 1.29 is 4.74 Å². The highest BCUT2D eigenvalue weighted by atomic mass is 35.5. The Bertz CT molecular complexity index is 1310. The lowest BCUT2D eigenvalue weighted by Gasteiger charge is -2.34. The molecule has 0 radical (unpaired) electrons. The highest BCUT2D eigenvalue weighted by Gasteiger charge is 2.45. The topological polar surface area (TPSA) is 88.1 Å². The predicted molar refractivity (Wildman–Crippen MR) is 129 cm³/mol. The standard InChI is InChI=1S/C24H22ClN7O/c25-18-12-16(13-26-23(18)33-17-4-2-1-3-5-17)30-22-21-19(27-15-28-22)6-7-20(31-21)32-11-10-29-24(14-32)8-9-24/h1-7,12-13,15,29H,8-11,14H2,(H,27,28,30). The Morgan fingerprint density at radius 1 is 1.06 bits per heavy atom. The van der Waals surface area contributed by atoms with Gasteiger partial charge in [0, 0.05) is 25.2 Å². The number of rotatable bonds is 5. The van der Waals surface area contributed by atoms with E-state index in [1.165, 1.54) is 19.2 Å². The van der Waals surface area contributed by atoms with Crippen molar-refractivity contribution in [2.75, 3.05) is 29.9 Å². The van der Waals surface area contributed by atoms with Gasteiger partial charge in [0.1, 0.15) is 28.4 Å². The van der Waals surface area contributed by atoms with E-state index in [0.717, 1.165) is 31.0 Å². The molecule has 0 amide bonds. The Labute approximate surface area is 196 Å². The molecule has 0 unspecified atom stereocenters. The Morgan fingerprint density at radius 2 is 1.94 bits per heavy atom. The summed E-state index contributed by atoms with van der Waals surface area (Å²) < 4.78 is 5.77. The van der Waals surface area contributed by atoms with Crippen molar-refractivity contribution >= 4 is 40.0 Å². The maximum absolute atomic E-state index is 6.43. The first-order chi connectivity index (χ1) is 16.2. The number of para-hydroxylation sites is 1. The number of anilines is 3. The molecule has 4 aromatic rings. The molecule has 6 rings (SSSR count). The lowest BCUT2D eigenvalue weighted by atomic mass is 10.2. The number of nitrogens with one attached hydrogen (secondary N) is 2. The molecular formula is C24H22ClN7O. The van der Waals surface area contributed by atoms with E-state index < -0.39 is 0 Å². The van der Waals surface area contributed by atoms with Crippen molar-refractivity contribution in [2.24, 2.45) is 0 Å². The molecule has 33 heavy (non-hydrogen) atoms.